The van der Waals surface area contributed by atoms with Gasteiger partial charge in [-0.25, -0.2) is 28.2 Å². The SMILES string of the molecule is Cc1nc2ncc(-c3ccn4nc(NCC5(C)CC5)ncc34)cc2n1CC(F)F. The third-order valence-electron chi connectivity index (χ3n) is 5.62. The highest BCUT2D eigenvalue weighted by Crippen LogP contribution is 2.44. The molecule has 4 aromatic rings. The summed E-state index contributed by atoms with van der Waals surface area (Å²) in [5, 5.41) is 7.84. The monoisotopic (exact) mass is 397 g/mol. The van der Waals surface area contributed by atoms with Crippen molar-refractivity contribution in [1.82, 2.24) is 29.1 Å². The minimum absolute atomic E-state index is 0.362. The van der Waals surface area contributed by atoms with Crippen molar-refractivity contribution < 1.29 is 8.78 Å². The molecule has 29 heavy (non-hydrogen) atoms. The third-order valence-corrected chi connectivity index (χ3v) is 5.62. The van der Waals surface area contributed by atoms with E-state index in [9.17, 15) is 8.78 Å². The van der Waals surface area contributed by atoms with E-state index in [4.69, 9.17) is 0 Å². The number of anilines is 1. The van der Waals surface area contributed by atoms with Crippen LogP contribution >= 0.6 is 0 Å². The van der Waals surface area contributed by atoms with E-state index >= 15 is 0 Å². The number of pyridine rings is 1. The predicted octanol–water partition coefficient (Wildman–Crippen LogP) is 3.93. The Labute approximate surface area is 165 Å². The van der Waals surface area contributed by atoms with Gasteiger partial charge in [-0.15, -0.1) is 5.10 Å². The van der Waals surface area contributed by atoms with Gasteiger partial charge < -0.3 is 9.88 Å². The lowest BCUT2D eigenvalue weighted by Crippen LogP contribution is -2.14. The molecule has 0 unspecified atom stereocenters. The molecular weight excluding hydrogens is 376 g/mol. The van der Waals surface area contributed by atoms with Crippen molar-refractivity contribution in [1.29, 1.82) is 0 Å². The van der Waals surface area contributed by atoms with Gasteiger partial charge in [-0.05, 0) is 37.3 Å². The van der Waals surface area contributed by atoms with Crippen LogP contribution in [0, 0.1) is 12.3 Å². The Morgan fingerprint density at radius 1 is 1.21 bits per heavy atom. The van der Waals surface area contributed by atoms with Gasteiger partial charge in [-0.3, -0.25) is 0 Å². The average molecular weight is 397 g/mol. The van der Waals surface area contributed by atoms with E-state index in [1.807, 2.05) is 18.3 Å². The lowest BCUT2D eigenvalue weighted by atomic mass is 10.1. The van der Waals surface area contributed by atoms with E-state index in [1.54, 1.807) is 23.8 Å². The second-order valence-electron chi connectivity index (χ2n) is 8.03. The molecule has 0 saturated heterocycles. The summed E-state index contributed by atoms with van der Waals surface area (Å²) in [6, 6.07) is 3.78. The second-order valence-corrected chi connectivity index (χ2v) is 8.03. The summed E-state index contributed by atoms with van der Waals surface area (Å²) in [5.74, 6) is 1.11. The second kappa shape index (κ2) is 6.47. The van der Waals surface area contributed by atoms with Crippen LogP contribution in [0.5, 0.6) is 0 Å². The number of nitrogens with one attached hydrogen (secondary N) is 1. The fourth-order valence-electron chi connectivity index (χ4n) is 3.54. The lowest BCUT2D eigenvalue weighted by Gasteiger charge is -2.10. The van der Waals surface area contributed by atoms with Crippen LogP contribution in [0.15, 0.2) is 30.7 Å². The molecule has 1 fully saturated rings. The zero-order valence-electron chi connectivity index (χ0n) is 16.2. The van der Waals surface area contributed by atoms with E-state index < -0.39 is 13.0 Å². The van der Waals surface area contributed by atoms with Gasteiger partial charge in [0.25, 0.3) is 6.43 Å². The summed E-state index contributed by atoms with van der Waals surface area (Å²) >= 11 is 0. The lowest BCUT2D eigenvalue weighted by molar-refractivity contribution is 0.127. The molecule has 7 nitrogen and oxygen atoms in total. The van der Waals surface area contributed by atoms with Crippen LogP contribution in [0.1, 0.15) is 25.6 Å². The molecular formula is C20H21F2N7. The number of aromatic nitrogens is 6. The molecule has 0 aliphatic heterocycles. The van der Waals surface area contributed by atoms with Gasteiger partial charge in [0.15, 0.2) is 5.65 Å². The van der Waals surface area contributed by atoms with Crippen LogP contribution in [0.3, 0.4) is 0 Å². The predicted molar refractivity (Wildman–Crippen MR) is 106 cm³/mol. The summed E-state index contributed by atoms with van der Waals surface area (Å²) in [6.07, 6.45) is 5.34. The first-order chi connectivity index (χ1) is 13.9. The van der Waals surface area contributed by atoms with Gasteiger partial charge >= 0.3 is 0 Å². The summed E-state index contributed by atoms with van der Waals surface area (Å²) in [7, 11) is 0. The van der Waals surface area contributed by atoms with E-state index in [2.05, 4.69) is 32.3 Å². The van der Waals surface area contributed by atoms with Crippen LogP contribution in [0.25, 0.3) is 27.8 Å². The van der Waals surface area contributed by atoms with E-state index in [0.29, 0.717) is 28.4 Å². The molecule has 5 rings (SSSR count). The molecule has 1 aliphatic carbocycles. The summed E-state index contributed by atoms with van der Waals surface area (Å²) in [4.78, 5) is 13.1. The maximum absolute atomic E-state index is 13.0. The Bertz CT molecular complexity index is 1210. The zero-order chi connectivity index (χ0) is 20.2. The molecule has 0 spiro atoms. The number of hydrogen-bond donors (Lipinski definition) is 1. The Morgan fingerprint density at radius 2 is 2.03 bits per heavy atom. The van der Waals surface area contributed by atoms with E-state index in [-0.39, 0.29) is 0 Å². The number of halogens is 2. The first-order valence-electron chi connectivity index (χ1n) is 9.62. The maximum atomic E-state index is 13.0. The van der Waals surface area contributed by atoms with Crippen molar-refractivity contribution in [3.05, 3.63) is 36.5 Å². The standard InChI is InChI=1S/C20H21F2N7/c1-12-26-18-15(28(12)10-17(21)22)7-13(8-23-18)14-3-6-29-16(14)9-24-19(27-29)25-11-20(2)4-5-20/h3,6-9,17H,4-5,10-11H2,1-2H3,(H,25,27). The fourth-order valence-corrected chi connectivity index (χ4v) is 3.54. The molecule has 4 aromatic heterocycles. The molecule has 0 amide bonds. The number of alkyl halides is 2. The van der Waals surface area contributed by atoms with Crippen molar-refractivity contribution in [3.8, 4) is 11.1 Å². The van der Waals surface area contributed by atoms with Crippen molar-refractivity contribution in [2.75, 3.05) is 11.9 Å². The molecule has 0 atom stereocenters. The van der Waals surface area contributed by atoms with Crippen LogP contribution in [-0.2, 0) is 6.54 Å². The first kappa shape index (κ1) is 18.0. The van der Waals surface area contributed by atoms with Crippen molar-refractivity contribution in [3.63, 3.8) is 0 Å². The van der Waals surface area contributed by atoms with Crippen LogP contribution in [0.4, 0.5) is 14.7 Å². The molecule has 0 radical (unpaired) electrons. The van der Waals surface area contributed by atoms with Crippen LogP contribution in [-0.4, -0.2) is 42.1 Å². The topological polar surface area (TPSA) is 72.9 Å². The molecule has 1 saturated carbocycles. The maximum Gasteiger partial charge on any atom is 0.256 e. The highest BCUT2D eigenvalue weighted by atomic mass is 19.3. The minimum Gasteiger partial charge on any atom is -0.352 e. The van der Waals surface area contributed by atoms with E-state index in [1.165, 1.54) is 17.4 Å². The third kappa shape index (κ3) is 3.30. The molecule has 1 N–H and O–H groups in total. The summed E-state index contributed by atoms with van der Waals surface area (Å²) in [6.45, 7) is 4.42. The Morgan fingerprint density at radius 3 is 2.79 bits per heavy atom. The molecule has 9 heteroatoms. The Kier molecular flexibility index (Phi) is 4.01. The normalized spacial score (nSPS) is 15.5. The molecule has 150 valence electrons. The van der Waals surface area contributed by atoms with Gasteiger partial charge in [-0.2, -0.15) is 0 Å². The van der Waals surface area contributed by atoms with Crippen LogP contribution < -0.4 is 5.32 Å². The van der Waals surface area contributed by atoms with Gasteiger partial charge in [-0.1, -0.05) is 6.92 Å². The summed E-state index contributed by atoms with van der Waals surface area (Å²) in [5.41, 5.74) is 3.95. The zero-order valence-corrected chi connectivity index (χ0v) is 16.2. The molecule has 1 aliphatic rings. The smallest absolute Gasteiger partial charge is 0.256 e. The van der Waals surface area contributed by atoms with Crippen molar-refractivity contribution in [2.45, 2.75) is 39.7 Å². The summed E-state index contributed by atoms with van der Waals surface area (Å²) < 4.78 is 29.2. The first-order valence-corrected chi connectivity index (χ1v) is 9.62. The largest absolute Gasteiger partial charge is 0.352 e. The average Bonchev–Trinajstić information content (AvgIpc) is 3.16. The van der Waals surface area contributed by atoms with Gasteiger partial charge in [0.2, 0.25) is 5.95 Å². The Balaban J connectivity index is 1.50. The number of fused-ring (bicyclic) bond motifs is 2. The number of hydrogen-bond acceptors (Lipinski definition) is 5. The molecule has 4 heterocycles. The minimum atomic E-state index is -2.46. The molecule has 0 aromatic carbocycles. The number of rotatable bonds is 6. The Hall–Kier alpha value is -3.10. The van der Waals surface area contributed by atoms with Crippen LogP contribution in [0.2, 0.25) is 0 Å². The quantitative estimate of drug-likeness (QED) is 0.534. The highest BCUT2D eigenvalue weighted by molar-refractivity contribution is 5.85. The van der Waals surface area contributed by atoms with E-state index in [0.717, 1.165) is 23.2 Å². The van der Waals surface area contributed by atoms with Gasteiger partial charge in [0.1, 0.15) is 5.82 Å². The van der Waals surface area contributed by atoms with Gasteiger partial charge in [0.05, 0.1) is 23.8 Å². The fraction of sp³-hybridized carbons (Fsp3) is 0.400. The van der Waals surface area contributed by atoms with Crippen molar-refractivity contribution in [2.24, 2.45) is 5.41 Å². The molecule has 0 bridgehead atoms. The van der Waals surface area contributed by atoms with Crippen molar-refractivity contribution >= 4 is 22.6 Å². The number of nitrogens with zero attached hydrogens (tertiary/aromatic N) is 6. The van der Waals surface area contributed by atoms with Gasteiger partial charge in [0, 0.05) is 30.1 Å². The number of aryl methyl sites for hydroxylation is 1. The number of imidazole rings is 1. The highest BCUT2D eigenvalue weighted by Gasteiger charge is 2.37.